The Morgan fingerprint density at radius 1 is 1.25 bits per heavy atom. The number of aromatic nitrogens is 2. The summed E-state index contributed by atoms with van der Waals surface area (Å²) in [6, 6.07) is 5.06. The van der Waals surface area contributed by atoms with E-state index in [0.29, 0.717) is 17.4 Å². The van der Waals surface area contributed by atoms with Gasteiger partial charge in [-0.3, -0.25) is 0 Å². The van der Waals surface area contributed by atoms with E-state index in [0.717, 1.165) is 18.0 Å². The predicted octanol–water partition coefficient (Wildman–Crippen LogP) is 3.97. The predicted molar refractivity (Wildman–Crippen MR) is 79.8 cm³/mol. The topological polar surface area (TPSA) is 43.8 Å². The van der Waals surface area contributed by atoms with Crippen LogP contribution < -0.4 is 5.73 Å². The van der Waals surface area contributed by atoms with E-state index in [1.165, 1.54) is 38.2 Å². The molecule has 1 heterocycles. The fourth-order valence-electron chi connectivity index (χ4n) is 3.40. The Balaban J connectivity index is 1.81. The van der Waals surface area contributed by atoms with Crippen molar-refractivity contribution in [3.8, 4) is 0 Å². The van der Waals surface area contributed by atoms with Crippen LogP contribution in [0.25, 0.3) is 11.0 Å². The van der Waals surface area contributed by atoms with Crippen LogP contribution in [0.2, 0.25) is 0 Å². The number of nitrogens with zero attached hydrogens (tertiary/aromatic N) is 2. The van der Waals surface area contributed by atoms with Crippen molar-refractivity contribution in [3.63, 3.8) is 0 Å². The summed E-state index contributed by atoms with van der Waals surface area (Å²) in [5, 5.41) is 0. The lowest BCUT2D eigenvalue weighted by atomic mass is 9.81. The Morgan fingerprint density at radius 3 is 2.65 bits per heavy atom. The van der Waals surface area contributed by atoms with Gasteiger partial charge < -0.3 is 10.3 Å². The molecule has 0 unspecified atom stereocenters. The molecule has 0 radical (unpaired) electrons. The molecule has 1 aromatic carbocycles. The zero-order valence-corrected chi connectivity index (χ0v) is 12.0. The SMILES string of the molecule is CCC1CCC(Cn2c(N)nc3c(F)cccc32)CC1. The molecule has 0 aliphatic heterocycles. The average molecular weight is 275 g/mol. The Kier molecular flexibility index (Phi) is 3.64. The molecule has 1 aliphatic carbocycles. The first-order valence-corrected chi connectivity index (χ1v) is 7.59. The van der Waals surface area contributed by atoms with Gasteiger partial charge in [0, 0.05) is 6.54 Å². The van der Waals surface area contributed by atoms with Crippen LogP contribution in [0, 0.1) is 17.7 Å². The van der Waals surface area contributed by atoms with Crippen LogP contribution in [0.5, 0.6) is 0 Å². The largest absolute Gasteiger partial charge is 0.369 e. The number of nitrogens with two attached hydrogens (primary N) is 1. The molecule has 1 aromatic heterocycles. The van der Waals surface area contributed by atoms with Crippen LogP contribution in [0.4, 0.5) is 10.3 Å². The lowest BCUT2D eigenvalue weighted by molar-refractivity contribution is 0.250. The molecule has 108 valence electrons. The van der Waals surface area contributed by atoms with E-state index in [2.05, 4.69) is 11.9 Å². The molecular weight excluding hydrogens is 253 g/mol. The Bertz CT molecular complexity index is 597. The fraction of sp³-hybridized carbons (Fsp3) is 0.562. The summed E-state index contributed by atoms with van der Waals surface area (Å²) in [4.78, 5) is 4.17. The second kappa shape index (κ2) is 5.43. The van der Waals surface area contributed by atoms with Crippen LogP contribution in [-0.4, -0.2) is 9.55 Å². The minimum absolute atomic E-state index is 0.289. The summed E-state index contributed by atoms with van der Waals surface area (Å²) >= 11 is 0. The summed E-state index contributed by atoms with van der Waals surface area (Å²) in [5.41, 5.74) is 7.19. The Labute approximate surface area is 119 Å². The van der Waals surface area contributed by atoms with E-state index >= 15 is 0 Å². The van der Waals surface area contributed by atoms with Crippen LogP contribution in [0.3, 0.4) is 0 Å². The van der Waals surface area contributed by atoms with Crippen LogP contribution in [0.15, 0.2) is 18.2 Å². The number of para-hydroxylation sites is 1. The molecule has 1 saturated carbocycles. The summed E-state index contributed by atoms with van der Waals surface area (Å²) in [7, 11) is 0. The molecule has 1 aliphatic rings. The second-order valence-corrected chi connectivity index (χ2v) is 5.98. The molecule has 3 rings (SSSR count). The van der Waals surface area contributed by atoms with E-state index < -0.39 is 0 Å². The van der Waals surface area contributed by atoms with Crippen molar-refractivity contribution in [2.75, 3.05) is 5.73 Å². The summed E-state index contributed by atoms with van der Waals surface area (Å²) in [6.07, 6.45) is 6.39. The Morgan fingerprint density at radius 2 is 1.95 bits per heavy atom. The van der Waals surface area contributed by atoms with Crippen LogP contribution >= 0.6 is 0 Å². The molecule has 0 saturated heterocycles. The maximum Gasteiger partial charge on any atom is 0.201 e. The lowest BCUT2D eigenvalue weighted by Crippen LogP contribution is -2.19. The number of hydrogen-bond donors (Lipinski definition) is 1. The third-order valence-electron chi connectivity index (χ3n) is 4.74. The fourth-order valence-corrected chi connectivity index (χ4v) is 3.40. The number of imidazole rings is 1. The number of fused-ring (bicyclic) bond motifs is 1. The maximum absolute atomic E-state index is 13.7. The molecule has 1 fully saturated rings. The number of rotatable bonds is 3. The molecule has 2 N–H and O–H groups in total. The van der Waals surface area contributed by atoms with Gasteiger partial charge in [0.1, 0.15) is 5.52 Å². The third-order valence-corrected chi connectivity index (χ3v) is 4.74. The van der Waals surface area contributed by atoms with E-state index in [1.807, 2.05) is 10.6 Å². The zero-order valence-electron chi connectivity index (χ0n) is 12.0. The van der Waals surface area contributed by atoms with E-state index in [-0.39, 0.29) is 5.82 Å². The quantitative estimate of drug-likeness (QED) is 0.921. The van der Waals surface area contributed by atoms with Crippen molar-refractivity contribution in [1.82, 2.24) is 9.55 Å². The highest BCUT2D eigenvalue weighted by Gasteiger charge is 2.22. The molecule has 0 spiro atoms. The molecule has 20 heavy (non-hydrogen) atoms. The van der Waals surface area contributed by atoms with Gasteiger partial charge in [0.2, 0.25) is 5.95 Å². The van der Waals surface area contributed by atoms with Gasteiger partial charge in [0.05, 0.1) is 5.52 Å². The van der Waals surface area contributed by atoms with E-state index in [1.54, 1.807) is 6.07 Å². The average Bonchev–Trinajstić information content (AvgIpc) is 2.78. The van der Waals surface area contributed by atoms with Crippen molar-refractivity contribution in [2.24, 2.45) is 11.8 Å². The second-order valence-electron chi connectivity index (χ2n) is 5.98. The van der Waals surface area contributed by atoms with Gasteiger partial charge in [-0.1, -0.05) is 32.3 Å². The first-order valence-electron chi connectivity index (χ1n) is 7.59. The zero-order chi connectivity index (χ0) is 14.1. The minimum Gasteiger partial charge on any atom is -0.369 e. The van der Waals surface area contributed by atoms with Crippen molar-refractivity contribution < 1.29 is 4.39 Å². The lowest BCUT2D eigenvalue weighted by Gasteiger charge is -2.28. The molecule has 3 nitrogen and oxygen atoms in total. The monoisotopic (exact) mass is 275 g/mol. The third kappa shape index (κ3) is 2.39. The maximum atomic E-state index is 13.7. The number of anilines is 1. The van der Waals surface area contributed by atoms with Gasteiger partial charge in [-0.2, -0.15) is 0 Å². The molecule has 0 amide bonds. The number of benzene rings is 1. The first kappa shape index (κ1) is 13.4. The van der Waals surface area contributed by atoms with Crippen molar-refractivity contribution >= 4 is 17.0 Å². The highest BCUT2D eigenvalue weighted by Crippen LogP contribution is 2.33. The highest BCUT2D eigenvalue weighted by atomic mass is 19.1. The first-order chi connectivity index (χ1) is 9.69. The van der Waals surface area contributed by atoms with E-state index in [9.17, 15) is 4.39 Å². The highest BCUT2D eigenvalue weighted by molar-refractivity contribution is 5.78. The summed E-state index contributed by atoms with van der Waals surface area (Å²) in [6.45, 7) is 3.14. The molecular formula is C16H22FN3. The smallest absolute Gasteiger partial charge is 0.201 e. The summed E-state index contributed by atoms with van der Waals surface area (Å²) < 4.78 is 15.7. The molecule has 0 bridgehead atoms. The normalized spacial score (nSPS) is 23.3. The van der Waals surface area contributed by atoms with Gasteiger partial charge in [-0.15, -0.1) is 0 Å². The van der Waals surface area contributed by atoms with Crippen LogP contribution in [-0.2, 0) is 6.54 Å². The summed E-state index contributed by atoms with van der Waals surface area (Å²) in [5.74, 6) is 1.67. The van der Waals surface area contributed by atoms with Gasteiger partial charge in [0.15, 0.2) is 5.82 Å². The van der Waals surface area contributed by atoms with Gasteiger partial charge in [0.25, 0.3) is 0 Å². The van der Waals surface area contributed by atoms with Gasteiger partial charge in [-0.25, -0.2) is 9.37 Å². The Hall–Kier alpha value is -1.58. The number of halogens is 1. The van der Waals surface area contributed by atoms with Gasteiger partial charge >= 0.3 is 0 Å². The molecule has 4 heteroatoms. The van der Waals surface area contributed by atoms with Crippen LogP contribution in [0.1, 0.15) is 39.0 Å². The van der Waals surface area contributed by atoms with Crippen molar-refractivity contribution in [1.29, 1.82) is 0 Å². The van der Waals surface area contributed by atoms with Crippen molar-refractivity contribution in [3.05, 3.63) is 24.0 Å². The van der Waals surface area contributed by atoms with Gasteiger partial charge in [-0.05, 0) is 36.8 Å². The number of nitrogen functional groups attached to an aromatic ring is 1. The molecule has 0 atom stereocenters. The standard InChI is InChI=1S/C16H22FN3/c1-2-11-6-8-12(9-7-11)10-20-14-5-3-4-13(17)15(14)19-16(20)18/h3-5,11-12H,2,6-10H2,1H3,(H2,18,19). The molecule has 2 aromatic rings. The van der Waals surface area contributed by atoms with E-state index in [4.69, 9.17) is 5.73 Å². The number of hydrogen-bond acceptors (Lipinski definition) is 2. The minimum atomic E-state index is -0.289. The van der Waals surface area contributed by atoms with Crippen molar-refractivity contribution in [2.45, 2.75) is 45.6 Å².